The number of aromatic carboxylic acids is 1. The summed E-state index contributed by atoms with van der Waals surface area (Å²) < 4.78 is 0. The molecule has 7 nitrogen and oxygen atoms in total. The number of rotatable bonds is 4. The number of carbonyl (C=O) groups excluding carboxylic acids is 1. The maximum absolute atomic E-state index is 13.1. The van der Waals surface area contributed by atoms with E-state index in [-0.39, 0.29) is 17.6 Å². The van der Waals surface area contributed by atoms with Crippen molar-refractivity contribution in [3.8, 4) is 0 Å². The average Bonchev–Trinajstić information content (AvgIpc) is 3.10. The number of aromatic amines is 1. The molecule has 1 atom stereocenters. The molecule has 1 amide bonds. The zero-order chi connectivity index (χ0) is 16.6. The van der Waals surface area contributed by atoms with Crippen molar-refractivity contribution >= 4 is 11.9 Å². The van der Waals surface area contributed by atoms with Gasteiger partial charge in [-0.1, -0.05) is 0 Å². The van der Waals surface area contributed by atoms with E-state index in [0.29, 0.717) is 12.1 Å². The number of nitrogens with zero attached hydrogens (tertiary/aromatic N) is 3. The number of hydrogen-bond acceptors (Lipinski definition) is 4. The van der Waals surface area contributed by atoms with Gasteiger partial charge in [0, 0.05) is 24.7 Å². The number of piperidine rings is 1. The molecule has 3 rings (SSSR count). The second-order valence-electron chi connectivity index (χ2n) is 6.83. The zero-order valence-electron chi connectivity index (χ0n) is 13.7. The Kier molecular flexibility index (Phi) is 4.14. The third kappa shape index (κ3) is 2.63. The molecule has 0 bridgehead atoms. The lowest BCUT2D eigenvalue weighted by Gasteiger charge is -2.46. The van der Waals surface area contributed by atoms with Gasteiger partial charge in [-0.15, -0.1) is 0 Å². The Labute approximate surface area is 135 Å². The second-order valence-corrected chi connectivity index (χ2v) is 6.83. The van der Waals surface area contributed by atoms with Gasteiger partial charge in [0.25, 0.3) is 0 Å². The summed E-state index contributed by atoms with van der Waals surface area (Å²) in [5.74, 6) is -0.804. The van der Waals surface area contributed by atoms with E-state index in [1.807, 2.05) is 4.90 Å². The van der Waals surface area contributed by atoms with Crippen LogP contribution in [0.2, 0.25) is 0 Å². The molecule has 1 aromatic rings. The summed E-state index contributed by atoms with van der Waals surface area (Å²) >= 11 is 0. The maximum atomic E-state index is 13.1. The number of carboxylic acid groups (broad SMARTS) is 1. The van der Waals surface area contributed by atoms with Crippen LogP contribution in [0.15, 0.2) is 6.20 Å². The molecule has 0 aliphatic carbocycles. The topological polar surface area (TPSA) is 89.5 Å². The van der Waals surface area contributed by atoms with Crippen LogP contribution in [0.25, 0.3) is 0 Å². The lowest BCUT2D eigenvalue weighted by molar-refractivity contribution is -0.149. The number of carbonyl (C=O) groups is 2. The highest BCUT2D eigenvalue weighted by atomic mass is 16.4. The van der Waals surface area contributed by atoms with Gasteiger partial charge in [-0.25, -0.2) is 4.79 Å². The molecule has 2 fully saturated rings. The van der Waals surface area contributed by atoms with Crippen molar-refractivity contribution in [2.24, 2.45) is 0 Å². The average molecular weight is 320 g/mol. The van der Waals surface area contributed by atoms with Crippen LogP contribution >= 0.6 is 0 Å². The number of likely N-dealkylation sites (tertiary alicyclic amines) is 2. The molecule has 1 unspecified atom stereocenters. The SMILES string of the molecule is CC(C)N1CCCC2(CCCN2Cc2cn[nH]c2C(=O)O)C1=O. The van der Waals surface area contributed by atoms with Gasteiger partial charge in [0.15, 0.2) is 0 Å². The minimum Gasteiger partial charge on any atom is -0.477 e. The second kappa shape index (κ2) is 5.96. The van der Waals surface area contributed by atoms with Crippen LogP contribution in [0.5, 0.6) is 0 Å². The lowest BCUT2D eigenvalue weighted by atomic mass is 9.84. The molecule has 126 valence electrons. The highest BCUT2D eigenvalue weighted by Crippen LogP contribution is 2.39. The standard InChI is InChI=1S/C16H24N4O3/c1-11(2)20-8-4-6-16(15(20)23)5-3-7-19(16)10-12-9-17-18-13(12)14(21)22/h9,11H,3-8,10H2,1-2H3,(H,17,18)(H,21,22). The van der Waals surface area contributed by atoms with Crippen molar-refractivity contribution < 1.29 is 14.7 Å². The molecule has 0 aromatic carbocycles. The van der Waals surface area contributed by atoms with E-state index in [1.165, 1.54) is 0 Å². The first-order valence-electron chi connectivity index (χ1n) is 8.27. The molecular weight excluding hydrogens is 296 g/mol. The number of hydrogen-bond donors (Lipinski definition) is 2. The largest absolute Gasteiger partial charge is 0.477 e. The van der Waals surface area contributed by atoms with Crippen molar-refractivity contribution in [3.63, 3.8) is 0 Å². The van der Waals surface area contributed by atoms with E-state index in [0.717, 1.165) is 38.8 Å². The molecule has 2 N–H and O–H groups in total. The fourth-order valence-corrected chi connectivity index (χ4v) is 4.02. The highest BCUT2D eigenvalue weighted by Gasteiger charge is 2.51. The first kappa shape index (κ1) is 16.0. The summed E-state index contributed by atoms with van der Waals surface area (Å²) in [5, 5.41) is 15.6. The van der Waals surface area contributed by atoms with Gasteiger partial charge < -0.3 is 10.0 Å². The zero-order valence-corrected chi connectivity index (χ0v) is 13.7. The molecule has 1 spiro atoms. The predicted octanol–water partition coefficient (Wildman–Crippen LogP) is 1.47. The van der Waals surface area contributed by atoms with Gasteiger partial charge >= 0.3 is 5.97 Å². The number of aromatic nitrogens is 2. The summed E-state index contributed by atoms with van der Waals surface area (Å²) in [4.78, 5) is 28.5. The summed E-state index contributed by atoms with van der Waals surface area (Å²) in [6.07, 6.45) is 5.24. The molecule has 7 heteroatoms. The molecule has 3 heterocycles. The first-order chi connectivity index (χ1) is 11.0. The first-order valence-corrected chi connectivity index (χ1v) is 8.27. The molecule has 1 aromatic heterocycles. The van der Waals surface area contributed by atoms with E-state index in [1.54, 1.807) is 6.20 Å². The van der Waals surface area contributed by atoms with Crippen molar-refractivity contribution in [2.45, 2.75) is 57.7 Å². The Balaban J connectivity index is 1.86. The van der Waals surface area contributed by atoms with Crippen LogP contribution in [-0.2, 0) is 11.3 Å². The monoisotopic (exact) mass is 320 g/mol. The van der Waals surface area contributed by atoms with Gasteiger partial charge in [-0.05, 0) is 46.1 Å². The number of amides is 1. The summed E-state index contributed by atoms with van der Waals surface area (Å²) in [5.41, 5.74) is 0.305. The highest BCUT2D eigenvalue weighted by molar-refractivity contribution is 5.88. The smallest absolute Gasteiger partial charge is 0.354 e. The number of nitrogens with one attached hydrogen (secondary N) is 1. The van der Waals surface area contributed by atoms with Gasteiger partial charge in [-0.2, -0.15) is 5.10 Å². The molecule has 0 radical (unpaired) electrons. The van der Waals surface area contributed by atoms with Crippen LogP contribution in [-0.4, -0.2) is 61.7 Å². The summed E-state index contributed by atoms with van der Waals surface area (Å²) in [7, 11) is 0. The van der Waals surface area contributed by atoms with Crippen LogP contribution in [0.3, 0.4) is 0 Å². The van der Waals surface area contributed by atoms with E-state index >= 15 is 0 Å². The fraction of sp³-hybridized carbons (Fsp3) is 0.688. The van der Waals surface area contributed by atoms with Gasteiger partial charge in [0.2, 0.25) is 5.91 Å². The molecule has 2 saturated heterocycles. The molecule has 2 aliphatic rings. The third-order valence-electron chi connectivity index (χ3n) is 5.19. The van der Waals surface area contributed by atoms with Crippen LogP contribution in [0.4, 0.5) is 0 Å². The minimum atomic E-state index is -1.01. The fourth-order valence-electron chi connectivity index (χ4n) is 4.02. The van der Waals surface area contributed by atoms with E-state index < -0.39 is 11.5 Å². The van der Waals surface area contributed by atoms with Crippen molar-refractivity contribution in [3.05, 3.63) is 17.5 Å². The van der Waals surface area contributed by atoms with Crippen LogP contribution in [0.1, 0.15) is 55.6 Å². The summed E-state index contributed by atoms with van der Waals surface area (Å²) in [6, 6.07) is 0.200. The minimum absolute atomic E-state index is 0.121. The van der Waals surface area contributed by atoms with Gasteiger partial charge in [0.05, 0.1) is 6.20 Å². The third-order valence-corrected chi connectivity index (χ3v) is 5.19. The molecular formula is C16H24N4O3. The molecule has 0 saturated carbocycles. The Morgan fingerprint density at radius 2 is 2.09 bits per heavy atom. The van der Waals surface area contributed by atoms with Gasteiger partial charge in [0.1, 0.15) is 11.2 Å². The van der Waals surface area contributed by atoms with E-state index in [2.05, 4.69) is 28.9 Å². The Bertz CT molecular complexity index is 612. The van der Waals surface area contributed by atoms with Crippen molar-refractivity contribution in [2.75, 3.05) is 13.1 Å². The summed E-state index contributed by atoms with van der Waals surface area (Å²) in [6.45, 7) is 6.19. The number of H-pyrrole nitrogens is 1. The van der Waals surface area contributed by atoms with E-state index in [9.17, 15) is 14.7 Å². The Morgan fingerprint density at radius 3 is 2.74 bits per heavy atom. The van der Waals surface area contributed by atoms with Crippen LogP contribution < -0.4 is 0 Å². The van der Waals surface area contributed by atoms with Gasteiger partial charge in [-0.3, -0.25) is 14.8 Å². The Hall–Kier alpha value is -1.89. The van der Waals surface area contributed by atoms with Crippen molar-refractivity contribution in [1.29, 1.82) is 0 Å². The number of carboxylic acids is 1. The van der Waals surface area contributed by atoms with Crippen molar-refractivity contribution in [1.82, 2.24) is 20.0 Å². The van der Waals surface area contributed by atoms with Crippen LogP contribution in [0, 0.1) is 0 Å². The molecule has 2 aliphatic heterocycles. The normalized spacial score (nSPS) is 25.7. The lowest BCUT2D eigenvalue weighted by Crippen LogP contribution is -2.61. The molecule has 23 heavy (non-hydrogen) atoms. The quantitative estimate of drug-likeness (QED) is 0.877. The Morgan fingerprint density at radius 1 is 1.39 bits per heavy atom. The van der Waals surface area contributed by atoms with E-state index in [4.69, 9.17) is 0 Å². The predicted molar refractivity (Wildman–Crippen MR) is 84.0 cm³/mol. The maximum Gasteiger partial charge on any atom is 0.354 e.